The summed E-state index contributed by atoms with van der Waals surface area (Å²) in [4.78, 5) is 11.7. The first-order valence-electron chi connectivity index (χ1n) is 6.72. The molecule has 6 heteroatoms. The molecule has 0 radical (unpaired) electrons. The summed E-state index contributed by atoms with van der Waals surface area (Å²) in [6, 6.07) is 3.63. The molecule has 112 valence electrons. The summed E-state index contributed by atoms with van der Waals surface area (Å²) >= 11 is 0. The molecule has 0 aliphatic rings. The van der Waals surface area contributed by atoms with Crippen molar-refractivity contribution >= 4 is 11.7 Å². The third kappa shape index (κ3) is 5.88. The number of ether oxygens (including phenoxy) is 2. The van der Waals surface area contributed by atoms with Crippen LogP contribution < -0.4 is 15.4 Å². The highest BCUT2D eigenvalue weighted by atomic mass is 19.1. The lowest BCUT2D eigenvalue weighted by Gasteiger charge is -2.12. The molecular weight excluding hydrogens is 263 g/mol. The molecule has 0 spiro atoms. The van der Waals surface area contributed by atoms with Gasteiger partial charge in [-0.15, -0.1) is 0 Å². The van der Waals surface area contributed by atoms with Crippen LogP contribution in [0.15, 0.2) is 18.2 Å². The minimum Gasteiger partial charge on any atom is -0.492 e. The molecule has 1 aromatic rings. The number of urea groups is 1. The topological polar surface area (TPSA) is 59.6 Å². The molecule has 0 atom stereocenters. The fraction of sp³-hybridized carbons (Fsp3) is 0.500. The SMILES string of the molecule is CCOCCCNC(=O)Nc1ccc(F)cc1OCC. The Kier molecular flexibility index (Phi) is 7.42. The third-order valence-electron chi connectivity index (χ3n) is 2.45. The number of carbonyl (C=O) groups is 1. The van der Waals surface area contributed by atoms with E-state index in [4.69, 9.17) is 9.47 Å². The van der Waals surface area contributed by atoms with Crippen LogP contribution in [0.4, 0.5) is 14.9 Å². The van der Waals surface area contributed by atoms with Crippen LogP contribution >= 0.6 is 0 Å². The van der Waals surface area contributed by atoms with Gasteiger partial charge in [0.15, 0.2) is 0 Å². The maximum Gasteiger partial charge on any atom is 0.319 e. The third-order valence-corrected chi connectivity index (χ3v) is 2.45. The van der Waals surface area contributed by atoms with E-state index in [1.165, 1.54) is 18.2 Å². The van der Waals surface area contributed by atoms with Crippen LogP contribution in [0.3, 0.4) is 0 Å². The van der Waals surface area contributed by atoms with Gasteiger partial charge >= 0.3 is 6.03 Å². The largest absolute Gasteiger partial charge is 0.492 e. The Balaban J connectivity index is 2.44. The van der Waals surface area contributed by atoms with Crippen LogP contribution in [0.5, 0.6) is 5.75 Å². The molecule has 2 amide bonds. The zero-order valence-electron chi connectivity index (χ0n) is 11.9. The van der Waals surface area contributed by atoms with Gasteiger partial charge in [0.05, 0.1) is 12.3 Å². The number of anilines is 1. The second-order valence-corrected chi connectivity index (χ2v) is 4.00. The monoisotopic (exact) mass is 284 g/mol. The molecule has 1 aromatic carbocycles. The van der Waals surface area contributed by atoms with E-state index in [1.54, 1.807) is 6.92 Å². The molecule has 0 saturated carbocycles. The van der Waals surface area contributed by atoms with Crippen LogP contribution in [0.2, 0.25) is 0 Å². The molecule has 0 aromatic heterocycles. The number of hydrogen-bond donors (Lipinski definition) is 2. The Labute approximate surface area is 118 Å². The van der Waals surface area contributed by atoms with Gasteiger partial charge in [-0.3, -0.25) is 0 Å². The highest BCUT2D eigenvalue weighted by molar-refractivity contribution is 5.90. The number of carbonyl (C=O) groups excluding carboxylic acids is 1. The van der Waals surface area contributed by atoms with Crippen LogP contribution in [0, 0.1) is 5.82 Å². The predicted molar refractivity (Wildman–Crippen MR) is 75.7 cm³/mol. The quantitative estimate of drug-likeness (QED) is 0.722. The molecule has 20 heavy (non-hydrogen) atoms. The van der Waals surface area contributed by atoms with Gasteiger partial charge in [-0.1, -0.05) is 0 Å². The standard InChI is InChI=1S/C14H21FN2O3/c1-3-19-9-5-8-16-14(18)17-12-7-6-11(15)10-13(12)20-4-2/h6-7,10H,3-5,8-9H2,1-2H3,(H2,16,17,18). The zero-order valence-corrected chi connectivity index (χ0v) is 11.9. The van der Waals surface area contributed by atoms with E-state index in [0.29, 0.717) is 37.8 Å². The van der Waals surface area contributed by atoms with Crippen molar-refractivity contribution in [2.24, 2.45) is 0 Å². The molecule has 0 aliphatic heterocycles. The summed E-state index contributed by atoms with van der Waals surface area (Å²) < 4.78 is 23.5. The van der Waals surface area contributed by atoms with Crippen molar-refractivity contribution in [3.8, 4) is 5.75 Å². The summed E-state index contributed by atoms with van der Waals surface area (Å²) in [6.07, 6.45) is 0.739. The zero-order chi connectivity index (χ0) is 14.8. The van der Waals surface area contributed by atoms with Gasteiger partial charge in [0.25, 0.3) is 0 Å². The first kappa shape index (κ1) is 16.2. The summed E-state index contributed by atoms with van der Waals surface area (Å²) in [5, 5.41) is 5.33. The molecule has 0 unspecified atom stereocenters. The van der Waals surface area contributed by atoms with Crippen LogP contribution in [-0.2, 0) is 4.74 Å². The summed E-state index contributed by atoms with van der Waals surface area (Å²) in [7, 11) is 0. The van der Waals surface area contributed by atoms with E-state index >= 15 is 0 Å². The van der Waals surface area contributed by atoms with Gasteiger partial charge in [-0.05, 0) is 32.4 Å². The lowest BCUT2D eigenvalue weighted by Crippen LogP contribution is -2.30. The van der Waals surface area contributed by atoms with E-state index in [0.717, 1.165) is 6.42 Å². The van der Waals surface area contributed by atoms with Crippen molar-refractivity contribution < 1.29 is 18.7 Å². The number of hydrogen-bond acceptors (Lipinski definition) is 3. The maximum absolute atomic E-state index is 13.1. The average Bonchev–Trinajstić information content (AvgIpc) is 2.42. The summed E-state index contributed by atoms with van der Waals surface area (Å²) in [6.45, 7) is 5.90. The van der Waals surface area contributed by atoms with Crippen molar-refractivity contribution in [2.75, 3.05) is 31.7 Å². The maximum atomic E-state index is 13.1. The molecule has 0 saturated heterocycles. The fourth-order valence-electron chi connectivity index (χ4n) is 1.56. The van der Waals surface area contributed by atoms with Crippen molar-refractivity contribution in [3.63, 3.8) is 0 Å². The normalized spacial score (nSPS) is 10.2. The smallest absolute Gasteiger partial charge is 0.319 e. The molecule has 2 N–H and O–H groups in total. The number of halogens is 1. The van der Waals surface area contributed by atoms with Crippen molar-refractivity contribution in [1.82, 2.24) is 5.32 Å². The average molecular weight is 284 g/mol. The number of benzene rings is 1. The Morgan fingerprint density at radius 2 is 2.10 bits per heavy atom. The van der Waals surface area contributed by atoms with Gasteiger partial charge in [0, 0.05) is 25.8 Å². The van der Waals surface area contributed by atoms with Gasteiger partial charge < -0.3 is 20.1 Å². The van der Waals surface area contributed by atoms with Gasteiger partial charge in [-0.25, -0.2) is 9.18 Å². The summed E-state index contributed by atoms with van der Waals surface area (Å²) in [5.74, 6) is -0.0897. The fourth-order valence-corrected chi connectivity index (χ4v) is 1.56. The molecular formula is C14H21FN2O3. The lowest BCUT2D eigenvalue weighted by atomic mass is 10.3. The Bertz CT molecular complexity index is 427. The van der Waals surface area contributed by atoms with Crippen molar-refractivity contribution in [2.45, 2.75) is 20.3 Å². The number of rotatable bonds is 8. The van der Waals surface area contributed by atoms with E-state index in [2.05, 4.69) is 10.6 Å². The molecule has 1 rings (SSSR count). The highest BCUT2D eigenvalue weighted by Gasteiger charge is 2.08. The molecule has 0 heterocycles. The van der Waals surface area contributed by atoms with E-state index < -0.39 is 5.82 Å². The Morgan fingerprint density at radius 3 is 2.80 bits per heavy atom. The first-order chi connectivity index (χ1) is 9.67. The molecule has 5 nitrogen and oxygen atoms in total. The molecule has 0 fully saturated rings. The second kappa shape index (κ2) is 9.14. The Hall–Kier alpha value is -1.82. The van der Waals surface area contributed by atoms with Gasteiger partial charge in [0.1, 0.15) is 11.6 Å². The molecule has 0 bridgehead atoms. The van der Waals surface area contributed by atoms with E-state index in [9.17, 15) is 9.18 Å². The van der Waals surface area contributed by atoms with Crippen LogP contribution in [0.25, 0.3) is 0 Å². The molecule has 0 aliphatic carbocycles. The number of amides is 2. The van der Waals surface area contributed by atoms with Crippen molar-refractivity contribution in [3.05, 3.63) is 24.0 Å². The first-order valence-corrected chi connectivity index (χ1v) is 6.72. The Morgan fingerprint density at radius 1 is 1.30 bits per heavy atom. The van der Waals surface area contributed by atoms with E-state index in [1.807, 2.05) is 6.92 Å². The predicted octanol–water partition coefficient (Wildman–Crippen LogP) is 2.77. The van der Waals surface area contributed by atoms with Crippen LogP contribution in [0.1, 0.15) is 20.3 Å². The van der Waals surface area contributed by atoms with E-state index in [-0.39, 0.29) is 6.03 Å². The van der Waals surface area contributed by atoms with Crippen molar-refractivity contribution in [1.29, 1.82) is 0 Å². The lowest BCUT2D eigenvalue weighted by molar-refractivity contribution is 0.145. The van der Waals surface area contributed by atoms with Gasteiger partial charge in [-0.2, -0.15) is 0 Å². The summed E-state index contributed by atoms with van der Waals surface area (Å²) in [5.41, 5.74) is 0.440. The minimum atomic E-state index is -0.406. The minimum absolute atomic E-state index is 0.317. The van der Waals surface area contributed by atoms with Crippen LogP contribution in [-0.4, -0.2) is 32.4 Å². The van der Waals surface area contributed by atoms with Gasteiger partial charge in [0.2, 0.25) is 0 Å². The highest BCUT2D eigenvalue weighted by Crippen LogP contribution is 2.25. The second-order valence-electron chi connectivity index (χ2n) is 4.00. The number of nitrogens with one attached hydrogen (secondary N) is 2.